The number of ether oxygens (including phenoxy) is 2. The highest BCUT2D eigenvalue weighted by atomic mass is 32.2. The topological polar surface area (TPSA) is 76.7 Å². The van der Waals surface area contributed by atoms with Crippen molar-refractivity contribution < 1.29 is 19.1 Å². The Hall–Kier alpha value is -2.84. The average Bonchev–Trinajstić information content (AvgIpc) is 2.98. The number of thioether (sulfide) groups is 1. The van der Waals surface area contributed by atoms with Crippen LogP contribution in [0.3, 0.4) is 0 Å². The van der Waals surface area contributed by atoms with Gasteiger partial charge in [0.25, 0.3) is 11.8 Å². The fourth-order valence-electron chi connectivity index (χ4n) is 2.28. The molecule has 0 unspecified atom stereocenters. The standard InChI is InChI=1S/C19H16N2O4S2/c1-24-15-4-2-3-13(10-15)20-17(22)11-25-14-7-5-12(6-8-14)9-16-18(23)21-19(26)27-16/h2-10H,11H2,1H3,(H,20,22)(H,21,23,26)/b16-9-. The van der Waals surface area contributed by atoms with Gasteiger partial charge in [-0.25, -0.2) is 0 Å². The van der Waals surface area contributed by atoms with Crippen LogP contribution in [0.2, 0.25) is 0 Å². The lowest BCUT2D eigenvalue weighted by molar-refractivity contribution is -0.118. The van der Waals surface area contributed by atoms with E-state index in [2.05, 4.69) is 10.6 Å². The Labute approximate surface area is 165 Å². The summed E-state index contributed by atoms with van der Waals surface area (Å²) in [7, 11) is 1.57. The van der Waals surface area contributed by atoms with Crippen LogP contribution in [0, 0.1) is 0 Å². The summed E-state index contributed by atoms with van der Waals surface area (Å²) in [6.45, 7) is -0.121. The molecule has 1 fully saturated rings. The van der Waals surface area contributed by atoms with Crippen molar-refractivity contribution in [3.8, 4) is 11.5 Å². The number of rotatable bonds is 6. The molecule has 1 aliphatic rings. The number of anilines is 1. The van der Waals surface area contributed by atoms with E-state index < -0.39 is 0 Å². The summed E-state index contributed by atoms with van der Waals surface area (Å²) in [6.07, 6.45) is 1.75. The molecule has 2 amide bonds. The summed E-state index contributed by atoms with van der Waals surface area (Å²) >= 11 is 6.18. The maximum absolute atomic E-state index is 12.0. The number of carbonyl (C=O) groups excluding carboxylic acids is 2. The fraction of sp³-hybridized carbons (Fsp3) is 0.105. The van der Waals surface area contributed by atoms with Crippen molar-refractivity contribution in [2.75, 3.05) is 19.0 Å². The first-order valence-electron chi connectivity index (χ1n) is 7.95. The minimum Gasteiger partial charge on any atom is -0.497 e. The SMILES string of the molecule is COc1cccc(NC(=O)COc2ccc(/C=C3\SC(=S)NC3=O)cc2)c1. The highest BCUT2D eigenvalue weighted by Gasteiger charge is 2.21. The number of nitrogens with one attached hydrogen (secondary N) is 2. The van der Waals surface area contributed by atoms with Crippen molar-refractivity contribution in [1.82, 2.24) is 5.32 Å². The first kappa shape index (κ1) is 18.9. The molecule has 27 heavy (non-hydrogen) atoms. The van der Waals surface area contributed by atoms with Crippen LogP contribution in [-0.4, -0.2) is 29.9 Å². The third kappa shape index (κ3) is 5.32. The van der Waals surface area contributed by atoms with Gasteiger partial charge in [0.15, 0.2) is 6.61 Å². The Bertz CT molecular complexity index is 910. The molecule has 3 rings (SSSR count). The average molecular weight is 400 g/mol. The van der Waals surface area contributed by atoms with Gasteiger partial charge in [0.05, 0.1) is 12.0 Å². The van der Waals surface area contributed by atoms with E-state index in [-0.39, 0.29) is 18.4 Å². The van der Waals surface area contributed by atoms with Crippen LogP contribution in [0.25, 0.3) is 6.08 Å². The van der Waals surface area contributed by atoms with Gasteiger partial charge in [-0.2, -0.15) is 0 Å². The Kier molecular flexibility index (Phi) is 6.10. The highest BCUT2D eigenvalue weighted by Crippen LogP contribution is 2.26. The molecule has 1 saturated heterocycles. The molecule has 1 heterocycles. The van der Waals surface area contributed by atoms with Crippen molar-refractivity contribution in [3.05, 3.63) is 59.0 Å². The molecule has 0 radical (unpaired) electrons. The predicted octanol–water partition coefficient (Wildman–Crippen LogP) is 3.20. The van der Waals surface area contributed by atoms with Crippen LogP contribution in [0.1, 0.15) is 5.56 Å². The van der Waals surface area contributed by atoms with Gasteiger partial charge in [-0.15, -0.1) is 0 Å². The third-order valence-corrected chi connectivity index (χ3v) is 4.71. The fourth-order valence-corrected chi connectivity index (χ4v) is 3.32. The van der Waals surface area contributed by atoms with Crippen molar-refractivity contribution in [2.45, 2.75) is 0 Å². The van der Waals surface area contributed by atoms with E-state index in [0.717, 1.165) is 5.56 Å². The van der Waals surface area contributed by atoms with Gasteiger partial charge in [-0.05, 0) is 35.9 Å². The second kappa shape index (κ2) is 8.70. The van der Waals surface area contributed by atoms with Crippen molar-refractivity contribution in [3.63, 3.8) is 0 Å². The largest absolute Gasteiger partial charge is 0.497 e. The zero-order chi connectivity index (χ0) is 19.2. The zero-order valence-corrected chi connectivity index (χ0v) is 16.0. The summed E-state index contributed by atoms with van der Waals surface area (Å²) in [6, 6.07) is 14.2. The first-order valence-corrected chi connectivity index (χ1v) is 9.17. The summed E-state index contributed by atoms with van der Waals surface area (Å²) in [5.74, 6) is 0.742. The number of amides is 2. The quantitative estimate of drug-likeness (QED) is 0.573. The molecule has 2 aromatic carbocycles. The lowest BCUT2D eigenvalue weighted by atomic mass is 10.2. The number of hydrogen-bond acceptors (Lipinski definition) is 6. The molecule has 2 N–H and O–H groups in total. The summed E-state index contributed by atoms with van der Waals surface area (Å²) in [5.41, 5.74) is 1.47. The molecular weight excluding hydrogens is 384 g/mol. The molecule has 0 aliphatic carbocycles. The molecule has 0 spiro atoms. The number of methoxy groups -OCH3 is 1. The Balaban J connectivity index is 1.54. The zero-order valence-electron chi connectivity index (χ0n) is 14.4. The number of hydrogen-bond donors (Lipinski definition) is 2. The lowest BCUT2D eigenvalue weighted by Crippen LogP contribution is -2.20. The molecule has 8 heteroatoms. The van der Waals surface area contributed by atoms with Crippen molar-refractivity contribution in [1.29, 1.82) is 0 Å². The number of carbonyl (C=O) groups is 2. The predicted molar refractivity (Wildman–Crippen MR) is 110 cm³/mol. The van der Waals surface area contributed by atoms with E-state index in [4.69, 9.17) is 21.7 Å². The van der Waals surface area contributed by atoms with Gasteiger partial charge in [-0.3, -0.25) is 9.59 Å². The third-order valence-electron chi connectivity index (χ3n) is 3.54. The highest BCUT2D eigenvalue weighted by molar-refractivity contribution is 8.26. The minimum absolute atomic E-state index is 0.121. The second-order valence-electron chi connectivity index (χ2n) is 5.49. The minimum atomic E-state index is -0.276. The Morgan fingerprint density at radius 1 is 1.22 bits per heavy atom. The van der Waals surface area contributed by atoms with Crippen LogP contribution < -0.4 is 20.1 Å². The molecule has 0 aromatic heterocycles. The van der Waals surface area contributed by atoms with Crippen LogP contribution in [0.5, 0.6) is 11.5 Å². The maximum atomic E-state index is 12.0. The molecule has 0 bridgehead atoms. The van der Waals surface area contributed by atoms with Gasteiger partial charge in [0.1, 0.15) is 15.8 Å². The van der Waals surface area contributed by atoms with Crippen LogP contribution in [0.4, 0.5) is 5.69 Å². The molecule has 6 nitrogen and oxygen atoms in total. The number of thiocarbonyl (C=S) groups is 1. The summed E-state index contributed by atoms with van der Waals surface area (Å²) < 4.78 is 11.1. The van der Waals surface area contributed by atoms with Crippen molar-refractivity contribution in [2.24, 2.45) is 0 Å². The van der Waals surface area contributed by atoms with Crippen LogP contribution in [-0.2, 0) is 9.59 Å². The van der Waals surface area contributed by atoms with E-state index in [1.54, 1.807) is 61.7 Å². The molecule has 0 atom stereocenters. The second-order valence-corrected chi connectivity index (χ2v) is 7.21. The Morgan fingerprint density at radius 2 is 2.00 bits per heavy atom. The molecule has 138 valence electrons. The molecule has 0 saturated carbocycles. The summed E-state index contributed by atoms with van der Waals surface area (Å²) in [4.78, 5) is 24.2. The molecule has 2 aromatic rings. The van der Waals surface area contributed by atoms with Crippen LogP contribution >= 0.6 is 24.0 Å². The van der Waals surface area contributed by atoms with Crippen LogP contribution in [0.15, 0.2) is 53.4 Å². The van der Waals surface area contributed by atoms with Gasteiger partial charge < -0.3 is 20.1 Å². The first-order chi connectivity index (χ1) is 13.0. The Morgan fingerprint density at radius 3 is 2.67 bits per heavy atom. The monoisotopic (exact) mass is 400 g/mol. The number of benzene rings is 2. The van der Waals surface area contributed by atoms with Gasteiger partial charge in [-0.1, -0.05) is 42.2 Å². The van der Waals surface area contributed by atoms with Crippen molar-refractivity contribution >= 4 is 51.9 Å². The van der Waals surface area contributed by atoms with E-state index in [1.807, 2.05) is 0 Å². The van der Waals surface area contributed by atoms with E-state index in [0.29, 0.717) is 26.4 Å². The van der Waals surface area contributed by atoms with Gasteiger partial charge in [0.2, 0.25) is 0 Å². The normalized spacial score (nSPS) is 14.8. The van der Waals surface area contributed by atoms with E-state index >= 15 is 0 Å². The maximum Gasteiger partial charge on any atom is 0.263 e. The van der Waals surface area contributed by atoms with E-state index in [1.165, 1.54) is 11.8 Å². The molecule has 1 aliphatic heterocycles. The molecular formula is C19H16N2O4S2. The van der Waals surface area contributed by atoms with Gasteiger partial charge >= 0.3 is 0 Å². The van der Waals surface area contributed by atoms with Gasteiger partial charge in [0, 0.05) is 11.8 Å². The lowest BCUT2D eigenvalue weighted by Gasteiger charge is -2.09. The smallest absolute Gasteiger partial charge is 0.263 e. The summed E-state index contributed by atoms with van der Waals surface area (Å²) in [5, 5.41) is 5.31. The van der Waals surface area contributed by atoms with E-state index in [9.17, 15) is 9.59 Å².